The van der Waals surface area contributed by atoms with Gasteiger partial charge in [0.1, 0.15) is 6.07 Å². The van der Waals surface area contributed by atoms with Crippen LogP contribution < -0.4 is 5.73 Å². The van der Waals surface area contributed by atoms with Crippen LogP contribution in [0.1, 0.15) is 18.4 Å². The van der Waals surface area contributed by atoms with Crippen molar-refractivity contribution in [3.8, 4) is 18.2 Å². The molecule has 0 bridgehead atoms. The first-order valence-electron chi connectivity index (χ1n) is 8.43. The molecule has 130 valence electrons. The predicted molar refractivity (Wildman–Crippen MR) is 98.4 cm³/mol. The number of benzene rings is 1. The molecule has 0 radical (unpaired) electrons. The molecule has 2 aliphatic rings. The summed E-state index contributed by atoms with van der Waals surface area (Å²) in [6, 6.07) is 13.6. The third-order valence-corrected chi connectivity index (χ3v) is 5.67. The first kappa shape index (κ1) is 18.0. The van der Waals surface area contributed by atoms with Crippen molar-refractivity contribution in [3.63, 3.8) is 0 Å². The number of hydrogen-bond donors (Lipinski definition) is 1. The van der Waals surface area contributed by atoms with Gasteiger partial charge >= 0.3 is 0 Å². The summed E-state index contributed by atoms with van der Waals surface area (Å²) in [5, 5.41) is 30.2. The first-order chi connectivity index (χ1) is 12.5. The number of allylic oxidation sites excluding steroid dienone is 2. The number of nitrogens with zero attached hydrogens (tertiary/aromatic N) is 4. The maximum atomic E-state index is 9.97. The summed E-state index contributed by atoms with van der Waals surface area (Å²) in [5.41, 5.74) is 6.67. The quantitative estimate of drug-likeness (QED) is 0.870. The fraction of sp³-hybridized carbons (Fsp3) is 0.350. The lowest BCUT2D eigenvalue weighted by atomic mass is 9.58. The van der Waals surface area contributed by atoms with Gasteiger partial charge in [0.2, 0.25) is 0 Å². The van der Waals surface area contributed by atoms with Gasteiger partial charge in [-0.2, -0.15) is 15.8 Å². The Hall–Kier alpha value is -2.78. The molecular formula is C20H18ClN5. The van der Waals surface area contributed by atoms with E-state index in [-0.39, 0.29) is 17.2 Å². The van der Waals surface area contributed by atoms with E-state index in [1.54, 1.807) is 12.1 Å². The summed E-state index contributed by atoms with van der Waals surface area (Å²) in [6.45, 7) is 4.30. The summed E-state index contributed by atoms with van der Waals surface area (Å²) in [5.74, 6) is -0.626. The lowest BCUT2D eigenvalue weighted by molar-refractivity contribution is 0.214. The van der Waals surface area contributed by atoms with Crippen molar-refractivity contribution in [3.05, 3.63) is 57.8 Å². The molecule has 2 atom stereocenters. The molecule has 5 nitrogen and oxygen atoms in total. The van der Waals surface area contributed by atoms with Gasteiger partial charge in [0, 0.05) is 29.9 Å². The summed E-state index contributed by atoms with van der Waals surface area (Å²) >= 11 is 6.02. The van der Waals surface area contributed by atoms with E-state index in [2.05, 4.69) is 30.0 Å². The van der Waals surface area contributed by atoms with E-state index in [1.165, 1.54) is 0 Å². The van der Waals surface area contributed by atoms with E-state index in [9.17, 15) is 15.8 Å². The number of nitriles is 3. The summed E-state index contributed by atoms with van der Waals surface area (Å²) < 4.78 is 0. The molecule has 0 spiro atoms. The Kier molecular flexibility index (Phi) is 4.75. The highest BCUT2D eigenvalue weighted by Crippen LogP contribution is 2.54. The zero-order valence-electron chi connectivity index (χ0n) is 14.4. The second kappa shape index (κ2) is 6.85. The Bertz CT molecular complexity index is 893. The number of halogens is 1. The van der Waals surface area contributed by atoms with Gasteiger partial charge in [-0.15, -0.1) is 0 Å². The monoisotopic (exact) mass is 363 g/mol. The van der Waals surface area contributed by atoms with Crippen LogP contribution in [0.25, 0.3) is 0 Å². The van der Waals surface area contributed by atoms with Gasteiger partial charge in [0.05, 0.1) is 23.4 Å². The van der Waals surface area contributed by atoms with Crippen LogP contribution in [-0.2, 0) is 0 Å². The zero-order valence-corrected chi connectivity index (χ0v) is 15.2. The summed E-state index contributed by atoms with van der Waals surface area (Å²) in [4.78, 5) is 2.23. The lowest BCUT2D eigenvalue weighted by Crippen LogP contribution is -2.48. The highest BCUT2D eigenvalue weighted by Gasteiger charge is 2.54. The van der Waals surface area contributed by atoms with Crippen LogP contribution in [-0.4, -0.2) is 24.5 Å². The molecule has 0 amide bonds. The normalized spacial score (nSPS) is 24.7. The molecule has 3 rings (SSSR count). The molecule has 26 heavy (non-hydrogen) atoms. The number of nitrogens with two attached hydrogens (primary N) is 1. The van der Waals surface area contributed by atoms with Crippen molar-refractivity contribution in [2.45, 2.75) is 12.8 Å². The molecule has 1 aromatic rings. The number of hydrogen-bond acceptors (Lipinski definition) is 5. The zero-order chi connectivity index (χ0) is 18.9. The minimum Gasteiger partial charge on any atom is -0.399 e. The van der Waals surface area contributed by atoms with E-state index in [0.717, 1.165) is 24.2 Å². The van der Waals surface area contributed by atoms with Crippen LogP contribution in [0.4, 0.5) is 0 Å². The Morgan fingerprint density at radius 1 is 1.23 bits per heavy atom. The van der Waals surface area contributed by atoms with Crippen molar-refractivity contribution in [2.24, 2.45) is 17.1 Å². The molecule has 0 unspecified atom stereocenters. The molecule has 1 heterocycles. The number of likely N-dealkylation sites (N-methyl/N-ethyl adjacent to an activating group) is 1. The lowest BCUT2D eigenvalue weighted by Gasteiger charge is -2.45. The third kappa shape index (κ3) is 2.56. The Morgan fingerprint density at radius 3 is 2.42 bits per heavy atom. The van der Waals surface area contributed by atoms with Crippen LogP contribution in [0, 0.1) is 45.3 Å². The number of rotatable bonds is 2. The van der Waals surface area contributed by atoms with Crippen LogP contribution in [0.5, 0.6) is 0 Å². The van der Waals surface area contributed by atoms with Gasteiger partial charge in [-0.3, -0.25) is 4.90 Å². The van der Waals surface area contributed by atoms with Gasteiger partial charge in [0.25, 0.3) is 0 Å². The predicted octanol–water partition coefficient (Wildman–Crippen LogP) is 3.09. The second-order valence-corrected chi connectivity index (χ2v) is 7.02. The maximum Gasteiger partial charge on any atom is 0.191 e. The fourth-order valence-electron chi connectivity index (χ4n) is 4.04. The minimum atomic E-state index is -1.59. The van der Waals surface area contributed by atoms with Crippen LogP contribution in [0.2, 0.25) is 5.02 Å². The van der Waals surface area contributed by atoms with Gasteiger partial charge in [-0.05, 0) is 29.8 Å². The van der Waals surface area contributed by atoms with Crippen molar-refractivity contribution in [1.29, 1.82) is 15.8 Å². The Labute approximate surface area is 158 Å². The largest absolute Gasteiger partial charge is 0.399 e. The van der Waals surface area contributed by atoms with E-state index >= 15 is 0 Å². The van der Waals surface area contributed by atoms with Crippen molar-refractivity contribution >= 4 is 11.6 Å². The summed E-state index contributed by atoms with van der Waals surface area (Å²) in [7, 11) is 0. The molecule has 0 aromatic heterocycles. The minimum absolute atomic E-state index is 0.0531. The van der Waals surface area contributed by atoms with Crippen LogP contribution in [0.15, 0.2) is 47.2 Å². The molecular weight excluding hydrogens is 346 g/mol. The highest BCUT2D eigenvalue weighted by molar-refractivity contribution is 6.30. The Morgan fingerprint density at radius 2 is 1.88 bits per heavy atom. The maximum absolute atomic E-state index is 9.97. The first-order valence-corrected chi connectivity index (χ1v) is 8.81. The fourth-order valence-corrected chi connectivity index (χ4v) is 4.17. The van der Waals surface area contributed by atoms with E-state index in [4.69, 9.17) is 17.3 Å². The molecule has 2 N–H and O–H groups in total. The van der Waals surface area contributed by atoms with Crippen LogP contribution in [0.3, 0.4) is 0 Å². The van der Waals surface area contributed by atoms with E-state index in [0.29, 0.717) is 11.6 Å². The van der Waals surface area contributed by atoms with E-state index in [1.807, 2.05) is 18.2 Å². The van der Waals surface area contributed by atoms with Gasteiger partial charge in [-0.25, -0.2) is 0 Å². The summed E-state index contributed by atoms with van der Waals surface area (Å²) in [6.07, 6.45) is 2.00. The molecule has 0 saturated carbocycles. The molecule has 0 fully saturated rings. The standard InChI is InChI=1S/C20H18ClN5/c1-2-26-8-7-15-16(9-22)19(25)20(11-23,12-24)18(17(15)10-26)13-3-5-14(21)6-4-13/h3-7,17-18H,2,8,10,25H2,1H3/t17-,18+/m1/s1. The topological polar surface area (TPSA) is 101 Å². The van der Waals surface area contributed by atoms with E-state index < -0.39 is 11.3 Å². The van der Waals surface area contributed by atoms with Crippen molar-refractivity contribution in [2.75, 3.05) is 19.6 Å². The highest BCUT2D eigenvalue weighted by atomic mass is 35.5. The second-order valence-electron chi connectivity index (χ2n) is 6.58. The SMILES string of the molecule is CCN1CC=C2C(C#N)=C(N)C(C#N)(C#N)[C@@H](c3ccc(Cl)cc3)[C@@H]2C1. The van der Waals surface area contributed by atoms with Crippen LogP contribution >= 0.6 is 11.6 Å². The molecule has 6 heteroatoms. The smallest absolute Gasteiger partial charge is 0.191 e. The number of fused-ring (bicyclic) bond motifs is 1. The van der Waals surface area contributed by atoms with Crippen molar-refractivity contribution < 1.29 is 0 Å². The van der Waals surface area contributed by atoms with Gasteiger partial charge < -0.3 is 5.73 Å². The molecule has 1 aliphatic carbocycles. The van der Waals surface area contributed by atoms with Gasteiger partial charge in [0.15, 0.2) is 5.41 Å². The molecule has 0 saturated heterocycles. The average molecular weight is 364 g/mol. The van der Waals surface area contributed by atoms with Crippen molar-refractivity contribution in [1.82, 2.24) is 4.90 Å². The third-order valence-electron chi connectivity index (χ3n) is 5.42. The molecule has 1 aliphatic heterocycles. The molecule has 1 aromatic carbocycles. The average Bonchev–Trinajstić information content (AvgIpc) is 2.68. The Balaban J connectivity index is 2.30. The van der Waals surface area contributed by atoms with Gasteiger partial charge in [-0.1, -0.05) is 36.7 Å².